The summed E-state index contributed by atoms with van der Waals surface area (Å²) in [6.45, 7) is 4.59. The molecule has 0 aliphatic carbocycles. The van der Waals surface area contributed by atoms with Gasteiger partial charge in [0.15, 0.2) is 6.10 Å². The van der Waals surface area contributed by atoms with E-state index in [2.05, 4.69) is 245 Å². The Morgan fingerprint density at radius 1 is 0.309 bits per heavy atom. The summed E-state index contributed by atoms with van der Waals surface area (Å²) in [5.74, 6) is -2.07. The lowest BCUT2D eigenvalue weighted by atomic mass is 10.1. The van der Waals surface area contributed by atoms with E-state index in [1.165, 1.54) is 19.3 Å². The molecule has 0 saturated heterocycles. The minimum atomic E-state index is -1.53. The van der Waals surface area contributed by atoms with E-state index in [0.29, 0.717) is 23.9 Å². The number of rotatable bonds is 66. The first-order valence-electron chi connectivity index (χ1n) is 37.5. The topological polar surface area (TPSA) is 108 Å². The van der Waals surface area contributed by atoms with Crippen LogP contribution in [-0.4, -0.2) is 87.4 Å². The van der Waals surface area contributed by atoms with E-state index in [9.17, 15) is 19.5 Å². The van der Waals surface area contributed by atoms with Gasteiger partial charge in [-0.2, -0.15) is 0 Å². The molecule has 0 aromatic rings. The molecule has 0 aliphatic rings. The number of unbranched alkanes of at least 4 members (excludes halogenated alkanes) is 13. The maximum atomic E-state index is 13.0. The van der Waals surface area contributed by atoms with Crippen LogP contribution >= 0.6 is 0 Å². The summed E-state index contributed by atoms with van der Waals surface area (Å²) >= 11 is 0. The second kappa shape index (κ2) is 75.1. The number of hydrogen-bond acceptors (Lipinski definition) is 7. The first kappa shape index (κ1) is 90.4. The van der Waals surface area contributed by atoms with Crippen molar-refractivity contribution in [1.82, 2.24) is 0 Å². The minimum Gasteiger partial charge on any atom is -0.477 e. The van der Waals surface area contributed by atoms with Crippen molar-refractivity contribution in [3.05, 3.63) is 231 Å². The molecule has 0 bridgehead atoms. The van der Waals surface area contributed by atoms with Gasteiger partial charge in [0, 0.05) is 12.8 Å². The molecule has 0 amide bonds. The fraction of sp³-hybridized carbons (Fsp3) is 0.534. The van der Waals surface area contributed by atoms with Gasteiger partial charge < -0.3 is 28.5 Å². The van der Waals surface area contributed by atoms with Crippen LogP contribution in [0, 0.1) is 0 Å². The van der Waals surface area contributed by atoms with Crippen molar-refractivity contribution < 1.29 is 42.9 Å². The molecule has 2 unspecified atom stereocenters. The highest BCUT2D eigenvalue weighted by Crippen LogP contribution is 2.14. The Hall–Kier alpha value is -6.65. The Morgan fingerprint density at radius 2 is 0.557 bits per heavy atom. The number of carbonyl (C=O) groups is 3. The Bertz CT molecular complexity index is 2450. The number of esters is 2. The van der Waals surface area contributed by atoms with E-state index in [0.717, 1.165) is 186 Å². The van der Waals surface area contributed by atoms with E-state index in [4.69, 9.17) is 18.9 Å². The molecule has 1 N–H and O–H groups in total. The van der Waals surface area contributed by atoms with Gasteiger partial charge >= 0.3 is 17.9 Å². The fourth-order valence-corrected chi connectivity index (χ4v) is 9.27. The van der Waals surface area contributed by atoms with Crippen molar-refractivity contribution in [3.63, 3.8) is 0 Å². The summed E-state index contributed by atoms with van der Waals surface area (Å²) in [7, 11) is 5.95. The van der Waals surface area contributed by atoms with Crippen LogP contribution in [0.5, 0.6) is 0 Å². The van der Waals surface area contributed by atoms with E-state index in [1.54, 1.807) is 0 Å². The minimum absolute atomic E-state index is 0.170. The Morgan fingerprint density at radius 3 is 0.825 bits per heavy atom. The molecule has 0 aromatic heterocycles. The van der Waals surface area contributed by atoms with Crippen molar-refractivity contribution in [2.45, 2.75) is 257 Å². The molecule has 0 fully saturated rings. The lowest BCUT2D eigenvalue weighted by Crippen LogP contribution is -2.40. The van der Waals surface area contributed by atoms with Gasteiger partial charge in [-0.15, -0.1) is 0 Å². The van der Waals surface area contributed by atoms with Crippen molar-refractivity contribution in [1.29, 1.82) is 0 Å². The van der Waals surface area contributed by atoms with Gasteiger partial charge in [-0.05, 0) is 161 Å². The van der Waals surface area contributed by atoms with Crippen LogP contribution in [0.15, 0.2) is 231 Å². The van der Waals surface area contributed by atoms with E-state index in [-0.39, 0.29) is 38.6 Å². The highest BCUT2D eigenvalue weighted by molar-refractivity contribution is 5.71. The molecule has 9 heteroatoms. The van der Waals surface area contributed by atoms with E-state index in [1.807, 2.05) is 21.1 Å². The summed E-state index contributed by atoms with van der Waals surface area (Å²) in [5.41, 5.74) is 0. The molecular formula is C88H136NO8+. The lowest BCUT2D eigenvalue weighted by Gasteiger charge is -2.25. The van der Waals surface area contributed by atoms with Crippen LogP contribution in [0.3, 0.4) is 0 Å². The number of nitrogens with zero attached hydrogens (tertiary/aromatic N) is 1. The number of allylic oxidation sites excluding steroid dienone is 38. The SMILES string of the molecule is CC/C=C\C/C=C\C/C=C\C/C=C\C/C=C\C/C=C\C/C=C\C/C=C\C/C=C\C/C=C\C/C=C\CCCCCCCCCC(=O)OC(COC(=O)CCCCCCCC/C=C\C/C=C\C/C=C\C/C=C\C/C=C\C/C=C\C/C=C\C/C=C\CC)COC(OCC[N+](C)(C)C)C(=O)O. The average Bonchev–Trinajstić information content (AvgIpc) is 3.27. The van der Waals surface area contributed by atoms with E-state index >= 15 is 0 Å². The number of carbonyl (C=O) groups excluding carboxylic acids is 2. The highest BCUT2D eigenvalue weighted by Gasteiger charge is 2.25. The number of quaternary nitrogens is 1. The summed E-state index contributed by atoms with van der Waals surface area (Å²) in [5, 5.41) is 9.76. The summed E-state index contributed by atoms with van der Waals surface area (Å²) in [6.07, 6.45) is 117. The van der Waals surface area contributed by atoms with Crippen molar-refractivity contribution in [2.75, 3.05) is 47.5 Å². The quantitative estimate of drug-likeness (QED) is 0.0211. The number of hydrogen-bond donors (Lipinski definition) is 1. The molecule has 0 rings (SSSR count). The van der Waals surface area contributed by atoms with Crippen LogP contribution in [0.25, 0.3) is 0 Å². The van der Waals surface area contributed by atoms with Crippen LogP contribution in [0.1, 0.15) is 245 Å². The van der Waals surface area contributed by atoms with E-state index < -0.39 is 24.3 Å². The molecule has 9 nitrogen and oxygen atoms in total. The molecular weight excluding hydrogens is 1200 g/mol. The predicted octanol–water partition coefficient (Wildman–Crippen LogP) is 24.2. The summed E-state index contributed by atoms with van der Waals surface area (Å²) in [6, 6.07) is 0. The molecule has 97 heavy (non-hydrogen) atoms. The predicted molar refractivity (Wildman–Crippen MR) is 418 cm³/mol. The number of likely N-dealkylation sites (N-methyl/N-ethyl adjacent to an activating group) is 1. The summed E-state index contributed by atoms with van der Waals surface area (Å²) in [4.78, 5) is 37.7. The maximum absolute atomic E-state index is 13.0. The third kappa shape index (κ3) is 76.6. The number of aliphatic carboxylic acids is 1. The monoisotopic (exact) mass is 1340 g/mol. The van der Waals surface area contributed by atoms with Crippen molar-refractivity contribution in [2.24, 2.45) is 0 Å². The zero-order valence-corrected chi connectivity index (χ0v) is 61.6. The zero-order chi connectivity index (χ0) is 70.4. The third-order valence-corrected chi connectivity index (χ3v) is 14.9. The Balaban J connectivity index is 4.25. The van der Waals surface area contributed by atoms with Crippen LogP contribution in [0.2, 0.25) is 0 Å². The number of carboxylic acid groups (broad SMARTS) is 1. The smallest absolute Gasteiger partial charge is 0.361 e. The van der Waals surface area contributed by atoms with Crippen LogP contribution in [0.4, 0.5) is 0 Å². The zero-order valence-electron chi connectivity index (χ0n) is 61.6. The third-order valence-electron chi connectivity index (χ3n) is 14.9. The Kier molecular flexibility index (Phi) is 70.0. The lowest BCUT2D eigenvalue weighted by molar-refractivity contribution is -0.870. The normalized spacial score (nSPS) is 14.0. The van der Waals surface area contributed by atoms with Gasteiger partial charge in [-0.3, -0.25) is 9.59 Å². The largest absolute Gasteiger partial charge is 0.477 e. The first-order chi connectivity index (χ1) is 47.6. The van der Waals surface area contributed by atoms with Gasteiger partial charge in [0.2, 0.25) is 0 Å². The van der Waals surface area contributed by atoms with Crippen molar-refractivity contribution >= 4 is 17.9 Å². The fourth-order valence-electron chi connectivity index (χ4n) is 9.27. The number of ether oxygens (including phenoxy) is 4. The Labute approximate surface area is 593 Å². The second-order valence-corrected chi connectivity index (χ2v) is 25.1. The van der Waals surface area contributed by atoms with Gasteiger partial charge in [0.05, 0.1) is 34.4 Å². The average molecular weight is 1340 g/mol. The van der Waals surface area contributed by atoms with Gasteiger partial charge in [-0.1, -0.05) is 303 Å². The summed E-state index contributed by atoms with van der Waals surface area (Å²) < 4.78 is 22.9. The van der Waals surface area contributed by atoms with Crippen LogP contribution < -0.4 is 0 Å². The molecule has 0 heterocycles. The molecule has 0 radical (unpaired) electrons. The molecule has 0 aromatic carbocycles. The molecule has 0 aliphatic heterocycles. The standard InChI is InChI=1S/C88H135NO8/c1-6-8-10-12-14-16-18-20-22-24-26-28-30-32-34-36-38-39-40-41-42-43-44-45-46-47-49-51-53-55-57-59-61-63-65-67-69-71-73-75-77-79-86(91)97-84(83-96-88(87(92)93)94-81-80-89(3,4)5)82-95-85(90)78-76-74-72-70-68-66-64-62-60-58-56-54-52-50-48-37-35-33-31-29-27-25-23-21-19-17-15-13-11-9-7-2/h8-11,14-17,20-23,26-29,32-35,38-39,41-42,44-45,47-50,53-56,59-62,84,88H,6-7,12-13,18-19,24-25,30-31,36-37,40,43,46,51-52,57-58,63-83H2,1-5H3/p+1/b10-8-,11-9-,16-14-,17-15-,22-20-,23-21-,28-26-,29-27-,34-32-,35-33-,39-38-,42-41-,45-44-,49-47-,50-48-,55-53-,56-54-,61-59-,62-60-. The highest BCUT2D eigenvalue weighted by atomic mass is 16.7. The molecule has 0 saturated carbocycles. The van der Waals surface area contributed by atoms with Crippen LogP contribution in [-0.2, 0) is 33.3 Å². The second-order valence-electron chi connectivity index (χ2n) is 25.1. The first-order valence-corrected chi connectivity index (χ1v) is 37.5. The van der Waals surface area contributed by atoms with Gasteiger partial charge in [0.25, 0.3) is 6.29 Å². The van der Waals surface area contributed by atoms with Gasteiger partial charge in [0.1, 0.15) is 13.2 Å². The molecule has 540 valence electrons. The van der Waals surface area contributed by atoms with Crippen molar-refractivity contribution in [3.8, 4) is 0 Å². The molecule has 2 atom stereocenters. The number of carboxylic acids is 1. The van der Waals surface area contributed by atoms with Gasteiger partial charge in [-0.25, -0.2) is 4.79 Å². The molecule has 0 spiro atoms. The maximum Gasteiger partial charge on any atom is 0.361 e.